The maximum atomic E-state index is 11.6. The Kier molecular flexibility index (Phi) is 5.09. The van der Waals surface area contributed by atoms with Crippen LogP contribution < -0.4 is 11.1 Å². The normalized spacial score (nSPS) is 26.7. The van der Waals surface area contributed by atoms with E-state index in [1.165, 1.54) is 12.8 Å². The zero-order valence-electron chi connectivity index (χ0n) is 9.96. The second-order valence-electron chi connectivity index (χ2n) is 5.05. The van der Waals surface area contributed by atoms with Crippen molar-refractivity contribution >= 4 is 5.91 Å². The first-order chi connectivity index (χ1) is 7.09. The van der Waals surface area contributed by atoms with E-state index in [4.69, 9.17) is 5.73 Å². The summed E-state index contributed by atoms with van der Waals surface area (Å²) in [6.45, 7) is 4.28. The first-order valence-electron chi connectivity index (χ1n) is 6.14. The van der Waals surface area contributed by atoms with Gasteiger partial charge in [-0.05, 0) is 25.2 Å². The number of hydrogen-bond donors (Lipinski definition) is 2. The maximum absolute atomic E-state index is 11.6. The van der Waals surface area contributed by atoms with E-state index in [0.717, 1.165) is 19.3 Å². The van der Waals surface area contributed by atoms with E-state index in [1.807, 2.05) is 0 Å². The molecule has 88 valence electrons. The molecule has 1 amide bonds. The van der Waals surface area contributed by atoms with Gasteiger partial charge in [0.2, 0.25) is 5.91 Å². The van der Waals surface area contributed by atoms with Crippen molar-refractivity contribution in [3.63, 3.8) is 0 Å². The van der Waals surface area contributed by atoms with Crippen LogP contribution in [0.1, 0.15) is 52.4 Å². The molecule has 0 aromatic carbocycles. The van der Waals surface area contributed by atoms with Gasteiger partial charge in [-0.3, -0.25) is 4.79 Å². The molecule has 0 aromatic rings. The summed E-state index contributed by atoms with van der Waals surface area (Å²) in [5.74, 6) is 0.766. The van der Waals surface area contributed by atoms with Crippen LogP contribution in [0.4, 0.5) is 0 Å². The van der Waals surface area contributed by atoms with Crippen LogP contribution in [-0.2, 0) is 4.79 Å². The molecule has 0 radical (unpaired) electrons. The molecule has 0 aromatic heterocycles. The zero-order valence-corrected chi connectivity index (χ0v) is 9.96. The van der Waals surface area contributed by atoms with Gasteiger partial charge < -0.3 is 11.1 Å². The molecular weight excluding hydrogens is 188 g/mol. The summed E-state index contributed by atoms with van der Waals surface area (Å²) < 4.78 is 0. The van der Waals surface area contributed by atoms with E-state index in [9.17, 15) is 4.79 Å². The first kappa shape index (κ1) is 12.5. The molecule has 0 aliphatic heterocycles. The van der Waals surface area contributed by atoms with Crippen molar-refractivity contribution in [1.29, 1.82) is 0 Å². The molecule has 0 spiro atoms. The zero-order chi connectivity index (χ0) is 11.3. The van der Waals surface area contributed by atoms with Gasteiger partial charge in [-0.25, -0.2) is 0 Å². The molecule has 1 saturated carbocycles. The number of nitrogens with two attached hydrogens (primary N) is 1. The number of amides is 1. The van der Waals surface area contributed by atoms with Crippen LogP contribution in [0.5, 0.6) is 0 Å². The van der Waals surface area contributed by atoms with Crippen molar-refractivity contribution in [2.75, 3.05) is 0 Å². The lowest BCUT2D eigenvalue weighted by molar-refractivity contribution is -0.122. The molecule has 1 aliphatic carbocycles. The summed E-state index contributed by atoms with van der Waals surface area (Å²) >= 11 is 0. The predicted octanol–water partition coefficient (Wildman–Crippen LogP) is 1.81. The Balaban J connectivity index is 2.24. The van der Waals surface area contributed by atoms with Gasteiger partial charge in [-0.1, -0.05) is 26.7 Å². The van der Waals surface area contributed by atoms with Crippen molar-refractivity contribution in [2.24, 2.45) is 11.7 Å². The Morgan fingerprint density at radius 3 is 2.67 bits per heavy atom. The highest BCUT2D eigenvalue weighted by Crippen LogP contribution is 2.17. The summed E-state index contributed by atoms with van der Waals surface area (Å²) in [6.07, 6.45) is 6.11. The van der Waals surface area contributed by atoms with Crippen molar-refractivity contribution in [1.82, 2.24) is 5.32 Å². The Morgan fingerprint density at radius 2 is 2.07 bits per heavy atom. The monoisotopic (exact) mass is 212 g/mol. The molecule has 1 rings (SSSR count). The number of hydrogen-bond acceptors (Lipinski definition) is 2. The van der Waals surface area contributed by atoms with Gasteiger partial charge in [-0.15, -0.1) is 0 Å². The molecule has 2 unspecified atom stereocenters. The van der Waals surface area contributed by atoms with Gasteiger partial charge >= 0.3 is 0 Å². The van der Waals surface area contributed by atoms with E-state index in [1.54, 1.807) is 0 Å². The minimum Gasteiger partial charge on any atom is -0.352 e. The van der Waals surface area contributed by atoms with Crippen LogP contribution in [0, 0.1) is 5.92 Å². The second-order valence-corrected chi connectivity index (χ2v) is 5.05. The summed E-state index contributed by atoms with van der Waals surface area (Å²) in [5.41, 5.74) is 5.97. The third-order valence-electron chi connectivity index (χ3n) is 3.11. The fourth-order valence-corrected chi connectivity index (χ4v) is 2.04. The minimum atomic E-state index is 0.168. The molecule has 0 saturated heterocycles. The SMILES string of the molecule is CC(C)CCC(=O)NC1CCCCC1N. The molecule has 3 heteroatoms. The summed E-state index contributed by atoms with van der Waals surface area (Å²) in [7, 11) is 0. The first-order valence-corrected chi connectivity index (χ1v) is 6.14. The Labute approximate surface area is 92.8 Å². The average molecular weight is 212 g/mol. The van der Waals surface area contributed by atoms with Crippen LogP contribution in [-0.4, -0.2) is 18.0 Å². The van der Waals surface area contributed by atoms with Gasteiger partial charge in [0.15, 0.2) is 0 Å². The van der Waals surface area contributed by atoms with Gasteiger partial charge in [0.25, 0.3) is 0 Å². The predicted molar refractivity (Wildman–Crippen MR) is 62.4 cm³/mol. The number of rotatable bonds is 4. The molecular formula is C12H24N2O. The Bertz CT molecular complexity index is 204. The van der Waals surface area contributed by atoms with Crippen LogP contribution in [0.25, 0.3) is 0 Å². The van der Waals surface area contributed by atoms with E-state index in [-0.39, 0.29) is 18.0 Å². The van der Waals surface area contributed by atoms with Crippen LogP contribution in [0.2, 0.25) is 0 Å². The van der Waals surface area contributed by atoms with Crippen molar-refractivity contribution < 1.29 is 4.79 Å². The molecule has 1 aliphatic rings. The molecule has 1 fully saturated rings. The lowest BCUT2D eigenvalue weighted by Gasteiger charge is -2.29. The molecule has 0 bridgehead atoms. The fraction of sp³-hybridized carbons (Fsp3) is 0.917. The van der Waals surface area contributed by atoms with Crippen LogP contribution >= 0.6 is 0 Å². The summed E-state index contributed by atoms with van der Waals surface area (Å²) in [5, 5.41) is 3.06. The number of nitrogens with one attached hydrogen (secondary N) is 1. The topological polar surface area (TPSA) is 55.1 Å². The van der Waals surface area contributed by atoms with Crippen molar-refractivity contribution in [2.45, 2.75) is 64.5 Å². The third kappa shape index (κ3) is 4.65. The quantitative estimate of drug-likeness (QED) is 0.746. The molecule has 15 heavy (non-hydrogen) atoms. The fourth-order valence-electron chi connectivity index (χ4n) is 2.04. The summed E-state index contributed by atoms with van der Waals surface area (Å²) in [4.78, 5) is 11.6. The minimum absolute atomic E-state index is 0.168. The average Bonchev–Trinajstić information content (AvgIpc) is 2.18. The van der Waals surface area contributed by atoms with Gasteiger partial charge in [0.05, 0.1) is 0 Å². The highest BCUT2D eigenvalue weighted by Gasteiger charge is 2.22. The van der Waals surface area contributed by atoms with Gasteiger partial charge in [0, 0.05) is 18.5 Å². The van der Waals surface area contributed by atoms with Crippen molar-refractivity contribution in [3.8, 4) is 0 Å². The van der Waals surface area contributed by atoms with E-state index < -0.39 is 0 Å². The standard InChI is InChI=1S/C12H24N2O/c1-9(2)7-8-12(15)14-11-6-4-3-5-10(11)13/h9-11H,3-8,13H2,1-2H3,(H,14,15). The molecule has 3 N–H and O–H groups in total. The second kappa shape index (κ2) is 6.11. The van der Waals surface area contributed by atoms with Crippen LogP contribution in [0.15, 0.2) is 0 Å². The smallest absolute Gasteiger partial charge is 0.220 e. The van der Waals surface area contributed by atoms with Crippen molar-refractivity contribution in [3.05, 3.63) is 0 Å². The van der Waals surface area contributed by atoms with Gasteiger partial charge in [0.1, 0.15) is 0 Å². The largest absolute Gasteiger partial charge is 0.352 e. The molecule has 2 atom stereocenters. The lowest BCUT2D eigenvalue weighted by Crippen LogP contribution is -2.49. The number of carbonyl (C=O) groups excluding carboxylic acids is 1. The summed E-state index contributed by atoms with van der Waals surface area (Å²) in [6, 6.07) is 0.389. The highest BCUT2D eigenvalue weighted by molar-refractivity contribution is 5.76. The van der Waals surface area contributed by atoms with E-state index in [0.29, 0.717) is 12.3 Å². The van der Waals surface area contributed by atoms with E-state index in [2.05, 4.69) is 19.2 Å². The third-order valence-corrected chi connectivity index (χ3v) is 3.11. The Morgan fingerprint density at radius 1 is 1.40 bits per heavy atom. The number of carbonyl (C=O) groups is 1. The Hall–Kier alpha value is -0.570. The van der Waals surface area contributed by atoms with E-state index >= 15 is 0 Å². The highest BCUT2D eigenvalue weighted by atomic mass is 16.1. The maximum Gasteiger partial charge on any atom is 0.220 e. The lowest BCUT2D eigenvalue weighted by atomic mass is 9.91. The molecule has 3 nitrogen and oxygen atoms in total. The molecule has 0 heterocycles. The van der Waals surface area contributed by atoms with Gasteiger partial charge in [-0.2, -0.15) is 0 Å². The van der Waals surface area contributed by atoms with Crippen LogP contribution in [0.3, 0.4) is 0 Å².